The van der Waals surface area contributed by atoms with E-state index in [1.54, 1.807) is 0 Å². The normalized spacial score (nSPS) is 12.5. The summed E-state index contributed by atoms with van der Waals surface area (Å²) >= 11 is 5.82. The van der Waals surface area contributed by atoms with Crippen LogP contribution in [0.1, 0.15) is 25.3 Å². The maximum Gasteiger partial charge on any atom is 0.153 e. The van der Waals surface area contributed by atoms with Crippen LogP contribution in [-0.2, 0) is 11.2 Å². The van der Waals surface area contributed by atoms with Gasteiger partial charge in [-0.15, -0.1) is 0 Å². The number of carbonyl (C=O) groups excluding carboxylic acids is 1. The highest BCUT2D eigenvalue weighted by molar-refractivity contribution is 6.31. The lowest BCUT2D eigenvalue weighted by atomic mass is 10.0. The first kappa shape index (κ1) is 13.1. The Kier molecular flexibility index (Phi) is 4.90. The Balaban J connectivity index is 2.69. The third-order valence-corrected chi connectivity index (χ3v) is 2.74. The Labute approximate surface area is 99.6 Å². The predicted molar refractivity (Wildman–Crippen MR) is 63.0 cm³/mol. The molecule has 0 saturated heterocycles. The third-order valence-electron chi connectivity index (χ3n) is 2.39. The largest absolute Gasteiger partial charge is 0.321 e. The minimum absolute atomic E-state index is 0.0599. The second kappa shape index (κ2) is 5.97. The van der Waals surface area contributed by atoms with E-state index in [-0.39, 0.29) is 17.2 Å². The van der Waals surface area contributed by atoms with Gasteiger partial charge >= 0.3 is 0 Å². The number of rotatable bonds is 5. The molecule has 0 aromatic heterocycles. The summed E-state index contributed by atoms with van der Waals surface area (Å²) in [5.41, 5.74) is 6.31. The molecule has 0 aliphatic rings. The van der Waals surface area contributed by atoms with Gasteiger partial charge in [0.25, 0.3) is 0 Å². The summed E-state index contributed by atoms with van der Waals surface area (Å²) in [5.74, 6) is -0.464. The van der Waals surface area contributed by atoms with E-state index in [1.165, 1.54) is 18.2 Å². The van der Waals surface area contributed by atoms with Gasteiger partial charge in [0.1, 0.15) is 5.82 Å². The van der Waals surface area contributed by atoms with Crippen LogP contribution in [-0.4, -0.2) is 11.8 Å². The smallest absolute Gasteiger partial charge is 0.153 e. The molecule has 0 bridgehead atoms. The molecule has 0 aliphatic heterocycles. The van der Waals surface area contributed by atoms with Crippen molar-refractivity contribution in [3.63, 3.8) is 0 Å². The number of hydrogen-bond donors (Lipinski definition) is 1. The van der Waals surface area contributed by atoms with E-state index >= 15 is 0 Å². The molecule has 0 spiro atoms. The van der Waals surface area contributed by atoms with Gasteiger partial charge in [-0.3, -0.25) is 4.79 Å². The number of nitrogens with two attached hydrogens (primary N) is 1. The van der Waals surface area contributed by atoms with Crippen LogP contribution in [0.25, 0.3) is 0 Å². The van der Waals surface area contributed by atoms with Crippen molar-refractivity contribution in [1.29, 1.82) is 0 Å². The number of benzene rings is 1. The summed E-state index contributed by atoms with van der Waals surface area (Å²) in [4.78, 5) is 11.7. The lowest BCUT2D eigenvalue weighted by Gasteiger charge is -2.09. The first-order valence-electron chi connectivity index (χ1n) is 5.26. The van der Waals surface area contributed by atoms with Gasteiger partial charge in [-0.2, -0.15) is 0 Å². The fraction of sp³-hybridized carbons (Fsp3) is 0.417. The Morgan fingerprint density at radius 1 is 1.56 bits per heavy atom. The Hall–Kier alpha value is -0.930. The SMILES string of the molecule is CCCC(N)C(=O)Cc1ccc(F)cc1Cl. The number of carbonyl (C=O) groups is 1. The topological polar surface area (TPSA) is 43.1 Å². The molecule has 88 valence electrons. The van der Waals surface area contributed by atoms with Crippen LogP contribution in [0.5, 0.6) is 0 Å². The quantitative estimate of drug-likeness (QED) is 0.864. The summed E-state index contributed by atoms with van der Waals surface area (Å²) in [6.45, 7) is 1.97. The van der Waals surface area contributed by atoms with E-state index in [9.17, 15) is 9.18 Å². The molecule has 2 N–H and O–H groups in total. The van der Waals surface area contributed by atoms with Gasteiger partial charge in [0.15, 0.2) is 5.78 Å². The molecular formula is C12H15ClFNO. The molecule has 0 fully saturated rings. The number of halogens is 2. The summed E-state index contributed by atoms with van der Waals surface area (Å²) in [6, 6.07) is 3.56. The molecule has 0 heterocycles. The van der Waals surface area contributed by atoms with E-state index in [0.29, 0.717) is 12.0 Å². The monoisotopic (exact) mass is 243 g/mol. The summed E-state index contributed by atoms with van der Waals surface area (Å²) in [6.07, 6.45) is 1.70. The Bertz CT molecular complexity index is 381. The average Bonchev–Trinajstić information content (AvgIpc) is 2.22. The van der Waals surface area contributed by atoms with E-state index in [4.69, 9.17) is 17.3 Å². The molecule has 2 nitrogen and oxygen atoms in total. The zero-order valence-corrected chi connectivity index (χ0v) is 9.93. The Morgan fingerprint density at radius 2 is 2.25 bits per heavy atom. The highest BCUT2D eigenvalue weighted by Crippen LogP contribution is 2.18. The van der Waals surface area contributed by atoms with Gasteiger partial charge in [-0.25, -0.2) is 4.39 Å². The summed E-state index contributed by atoms with van der Waals surface area (Å²) < 4.78 is 12.8. The van der Waals surface area contributed by atoms with E-state index < -0.39 is 11.9 Å². The predicted octanol–water partition coefficient (Wildman–Crippen LogP) is 2.72. The van der Waals surface area contributed by atoms with Gasteiger partial charge < -0.3 is 5.73 Å². The average molecular weight is 244 g/mol. The highest BCUT2D eigenvalue weighted by atomic mass is 35.5. The molecule has 0 radical (unpaired) electrons. The summed E-state index contributed by atoms with van der Waals surface area (Å²) in [5, 5.41) is 0.275. The molecule has 1 rings (SSSR count). The van der Waals surface area contributed by atoms with Crippen molar-refractivity contribution in [2.24, 2.45) is 5.73 Å². The van der Waals surface area contributed by atoms with Crippen molar-refractivity contribution in [3.8, 4) is 0 Å². The minimum Gasteiger partial charge on any atom is -0.321 e. The fourth-order valence-corrected chi connectivity index (χ4v) is 1.69. The molecular weight excluding hydrogens is 229 g/mol. The van der Waals surface area contributed by atoms with Crippen LogP contribution in [0.2, 0.25) is 5.02 Å². The second-order valence-electron chi connectivity index (χ2n) is 3.77. The van der Waals surface area contributed by atoms with E-state index in [1.807, 2.05) is 6.92 Å². The van der Waals surface area contributed by atoms with Crippen LogP contribution in [0.4, 0.5) is 4.39 Å². The fourth-order valence-electron chi connectivity index (χ4n) is 1.46. The highest BCUT2D eigenvalue weighted by Gasteiger charge is 2.14. The van der Waals surface area contributed by atoms with Crippen LogP contribution in [0.15, 0.2) is 18.2 Å². The molecule has 1 atom stereocenters. The van der Waals surface area contributed by atoms with Crippen molar-refractivity contribution in [3.05, 3.63) is 34.6 Å². The van der Waals surface area contributed by atoms with E-state index in [2.05, 4.69) is 0 Å². The van der Waals surface area contributed by atoms with Gasteiger partial charge in [0.05, 0.1) is 6.04 Å². The molecule has 4 heteroatoms. The number of Topliss-reactive ketones (excluding diaryl/α,β-unsaturated/α-hetero) is 1. The molecule has 1 aromatic rings. The maximum atomic E-state index is 12.8. The minimum atomic E-state index is -0.453. The number of ketones is 1. The standard InChI is InChI=1S/C12H15ClFNO/c1-2-3-11(15)12(16)6-8-4-5-9(14)7-10(8)13/h4-5,7,11H,2-3,6,15H2,1H3. The zero-order chi connectivity index (χ0) is 12.1. The molecule has 1 unspecified atom stereocenters. The van der Waals surface area contributed by atoms with Gasteiger partial charge in [-0.05, 0) is 24.1 Å². The van der Waals surface area contributed by atoms with Crippen molar-refractivity contribution in [2.75, 3.05) is 0 Å². The van der Waals surface area contributed by atoms with Crippen LogP contribution in [0.3, 0.4) is 0 Å². The Morgan fingerprint density at radius 3 is 2.81 bits per heavy atom. The van der Waals surface area contributed by atoms with Crippen molar-refractivity contribution in [1.82, 2.24) is 0 Å². The molecule has 16 heavy (non-hydrogen) atoms. The van der Waals surface area contributed by atoms with Crippen LogP contribution >= 0.6 is 11.6 Å². The third kappa shape index (κ3) is 3.58. The van der Waals surface area contributed by atoms with Gasteiger partial charge in [-0.1, -0.05) is 31.0 Å². The lowest BCUT2D eigenvalue weighted by Crippen LogP contribution is -2.31. The lowest BCUT2D eigenvalue weighted by molar-refractivity contribution is -0.119. The van der Waals surface area contributed by atoms with Crippen molar-refractivity contribution >= 4 is 17.4 Å². The van der Waals surface area contributed by atoms with Crippen LogP contribution < -0.4 is 5.73 Å². The summed E-state index contributed by atoms with van der Waals surface area (Å²) in [7, 11) is 0. The maximum absolute atomic E-state index is 12.8. The van der Waals surface area contributed by atoms with Crippen LogP contribution in [0, 0.1) is 5.82 Å². The van der Waals surface area contributed by atoms with E-state index in [0.717, 1.165) is 6.42 Å². The first-order valence-corrected chi connectivity index (χ1v) is 5.64. The molecule has 0 amide bonds. The molecule has 0 saturated carbocycles. The molecule has 1 aromatic carbocycles. The second-order valence-corrected chi connectivity index (χ2v) is 4.18. The zero-order valence-electron chi connectivity index (χ0n) is 9.17. The van der Waals surface area contributed by atoms with Crippen molar-refractivity contribution in [2.45, 2.75) is 32.2 Å². The van der Waals surface area contributed by atoms with Gasteiger partial charge in [0.2, 0.25) is 0 Å². The number of hydrogen-bond acceptors (Lipinski definition) is 2. The van der Waals surface area contributed by atoms with Gasteiger partial charge in [0, 0.05) is 11.4 Å². The van der Waals surface area contributed by atoms with Crippen molar-refractivity contribution < 1.29 is 9.18 Å². The first-order chi connectivity index (χ1) is 7.54. The molecule has 0 aliphatic carbocycles.